The minimum Gasteiger partial charge on any atom is -0.495 e. The van der Waals surface area contributed by atoms with E-state index in [4.69, 9.17) is 26.3 Å². The van der Waals surface area contributed by atoms with E-state index in [1.165, 1.54) is 13.3 Å². The summed E-state index contributed by atoms with van der Waals surface area (Å²) in [5.41, 5.74) is 0.536. The molecule has 0 saturated carbocycles. The van der Waals surface area contributed by atoms with E-state index < -0.39 is 5.91 Å². The molecule has 0 aromatic heterocycles. The zero-order valence-electron chi connectivity index (χ0n) is 14.6. The lowest BCUT2D eigenvalue weighted by molar-refractivity contribution is -0.117. The van der Waals surface area contributed by atoms with Crippen molar-refractivity contribution in [2.24, 2.45) is 0 Å². The van der Waals surface area contributed by atoms with E-state index in [0.29, 0.717) is 36.0 Å². The summed E-state index contributed by atoms with van der Waals surface area (Å²) in [6.07, 6.45) is 4.16. The standard InChI is InChI=1S/C18H24ClN3O3/c1-3-4-9-25-10-5-8-21-18(23)14(12-20)13-22-16-11-15(19)6-7-17(16)24-2/h6-7,11,13,22H,3-5,8-10H2,1-2H3,(H,21,23)/b14-13-. The highest BCUT2D eigenvalue weighted by Crippen LogP contribution is 2.27. The largest absolute Gasteiger partial charge is 0.495 e. The summed E-state index contributed by atoms with van der Waals surface area (Å²) in [5.74, 6) is 0.118. The summed E-state index contributed by atoms with van der Waals surface area (Å²) in [6.45, 7) is 3.87. The van der Waals surface area contributed by atoms with Crippen molar-refractivity contribution in [1.29, 1.82) is 5.26 Å². The number of nitrogens with zero attached hydrogens (tertiary/aromatic N) is 1. The van der Waals surface area contributed by atoms with Crippen molar-refractivity contribution in [3.63, 3.8) is 0 Å². The minimum absolute atomic E-state index is 0.0334. The van der Waals surface area contributed by atoms with Gasteiger partial charge in [0.1, 0.15) is 17.4 Å². The SMILES string of the molecule is CCCCOCCCNC(=O)/C(C#N)=C\Nc1cc(Cl)ccc1OC. The van der Waals surface area contributed by atoms with Crippen molar-refractivity contribution < 1.29 is 14.3 Å². The van der Waals surface area contributed by atoms with E-state index in [1.54, 1.807) is 18.2 Å². The molecule has 1 aromatic rings. The predicted molar refractivity (Wildman–Crippen MR) is 98.7 cm³/mol. The number of anilines is 1. The number of hydrogen-bond donors (Lipinski definition) is 2. The smallest absolute Gasteiger partial charge is 0.263 e. The van der Waals surface area contributed by atoms with Gasteiger partial charge in [-0.25, -0.2) is 0 Å². The molecule has 1 aromatic carbocycles. The van der Waals surface area contributed by atoms with Crippen LogP contribution < -0.4 is 15.4 Å². The maximum Gasteiger partial charge on any atom is 0.263 e. The van der Waals surface area contributed by atoms with E-state index in [0.717, 1.165) is 19.4 Å². The molecular formula is C18H24ClN3O3. The number of amides is 1. The van der Waals surface area contributed by atoms with Crippen LogP contribution in [0.5, 0.6) is 5.75 Å². The third-order valence-corrected chi connectivity index (χ3v) is 3.53. The molecule has 0 saturated heterocycles. The van der Waals surface area contributed by atoms with E-state index in [1.807, 2.05) is 6.07 Å². The highest BCUT2D eigenvalue weighted by atomic mass is 35.5. The zero-order valence-corrected chi connectivity index (χ0v) is 15.4. The van der Waals surface area contributed by atoms with Gasteiger partial charge in [0, 0.05) is 31.0 Å². The number of rotatable bonds is 11. The quantitative estimate of drug-likeness (QED) is 0.356. The van der Waals surface area contributed by atoms with Gasteiger partial charge < -0.3 is 20.1 Å². The predicted octanol–water partition coefficient (Wildman–Crippen LogP) is 3.49. The average molecular weight is 366 g/mol. The van der Waals surface area contributed by atoms with Gasteiger partial charge in [-0.1, -0.05) is 24.9 Å². The van der Waals surface area contributed by atoms with Crippen LogP contribution in [0.3, 0.4) is 0 Å². The molecule has 0 aliphatic carbocycles. The lowest BCUT2D eigenvalue weighted by Gasteiger charge is -2.09. The third-order valence-electron chi connectivity index (χ3n) is 3.29. The maximum atomic E-state index is 12.0. The molecule has 0 atom stereocenters. The molecule has 136 valence electrons. The lowest BCUT2D eigenvalue weighted by Crippen LogP contribution is -2.26. The van der Waals surface area contributed by atoms with Crippen LogP contribution in [0.15, 0.2) is 30.0 Å². The van der Waals surface area contributed by atoms with Crippen molar-refractivity contribution in [1.82, 2.24) is 5.32 Å². The molecule has 6 nitrogen and oxygen atoms in total. The molecule has 0 aliphatic heterocycles. The van der Waals surface area contributed by atoms with Gasteiger partial charge >= 0.3 is 0 Å². The number of unbranched alkanes of at least 4 members (excludes halogenated alkanes) is 1. The molecule has 0 fully saturated rings. The van der Waals surface area contributed by atoms with E-state index >= 15 is 0 Å². The maximum absolute atomic E-state index is 12.0. The Morgan fingerprint density at radius 1 is 1.36 bits per heavy atom. The van der Waals surface area contributed by atoms with E-state index in [2.05, 4.69) is 17.6 Å². The van der Waals surface area contributed by atoms with Crippen LogP contribution in [0.25, 0.3) is 0 Å². The molecule has 0 spiro atoms. The Bertz CT molecular complexity index is 626. The molecule has 0 unspecified atom stereocenters. The molecule has 0 bridgehead atoms. The Balaban J connectivity index is 2.49. The number of ether oxygens (including phenoxy) is 2. The van der Waals surface area contributed by atoms with Crippen LogP contribution in [-0.2, 0) is 9.53 Å². The van der Waals surface area contributed by atoms with Crippen LogP contribution in [-0.4, -0.2) is 32.8 Å². The second kappa shape index (κ2) is 12.2. The van der Waals surface area contributed by atoms with Crippen molar-refractivity contribution >= 4 is 23.2 Å². The summed E-state index contributed by atoms with van der Waals surface area (Å²) in [7, 11) is 1.53. The normalized spacial score (nSPS) is 10.9. The van der Waals surface area contributed by atoms with Crippen molar-refractivity contribution in [2.45, 2.75) is 26.2 Å². The van der Waals surface area contributed by atoms with Crippen LogP contribution in [0, 0.1) is 11.3 Å². The average Bonchev–Trinajstić information content (AvgIpc) is 2.61. The number of halogens is 1. The van der Waals surface area contributed by atoms with E-state index in [-0.39, 0.29) is 5.57 Å². The Hall–Kier alpha value is -2.23. The number of carbonyl (C=O) groups is 1. The number of methoxy groups -OCH3 is 1. The van der Waals surface area contributed by atoms with Crippen LogP contribution in [0.4, 0.5) is 5.69 Å². The van der Waals surface area contributed by atoms with Crippen molar-refractivity contribution in [2.75, 3.05) is 32.2 Å². The Morgan fingerprint density at radius 2 is 2.12 bits per heavy atom. The first-order valence-electron chi connectivity index (χ1n) is 8.18. The van der Waals surface area contributed by atoms with Gasteiger partial charge in [-0.3, -0.25) is 4.79 Å². The van der Waals surface area contributed by atoms with Crippen LogP contribution >= 0.6 is 11.6 Å². The number of benzene rings is 1. The fourth-order valence-corrected chi connectivity index (χ4v) is 2.08. The van der Waals surface area contributed by atoms with Gasteiger partial charge in [0.2, 0.25) is 0 Å². The van der Waals surface area contributed by atoms with Gasteiger partial charge in [-0.05, 0) is 31.0 Å². The molecule has 25 heavy (non-hydrogen) atoms. The second-order valence-electron chi connectivity index (χ2n) is 5.23. The zero-order chi connectivity index (χ0) is 18.5. The molecule has 7 heteroatoms. The molecule has 1 amide bonds. The number of hydrogen-bond acceptors (Lipinski definition) is 5. The fourth-order valence-electron chi connectivity index (χ4n) is 1.91. The first-order valence-corrected chi connectivity index (χ1v) is 8.56. The topological polar surface area (TPSA) is 83.4 Å². The first-order chi connectivity index (χ1) is 12.1. The Morgan fingerprint density at radius 3 is 2.80 bits per heavy atom. The van der Waals surface area contributed by atoms with Gasteiger partial charge in [0.25, 0.3) is 5.91 Å². The molecule has 0 aliphatic rings. The molecule has 2 N–H and O–H groups in total. The highest BCUT2D eigenvalue weighted by molar-refractivity contribution is 6.30. The molecular weight excluding hydrogens is 342 g/mol. The number of carbonyl (C=O) groups excluding carboxylic acids is 1. The summed E-state index contributed by atoms with van der Waals surface area (Å²) in [6, 6.07) is 6.91. The number of nitriles is 1. The second-order valence-corrected chi connectivity index (χ2v) is 5.67. The van der Waals surface area contributed by atoms with Gasteiger partial charge in [-0.2, -0.15) is 5.26 Å². The molecule has 0 heterocycles. The Labute approximate surface area is 153 Å². The summed E-state index contributed by atoms with van der Waals surface area (Å²) in [5, 5.41) is 15.2. The van der Waals surface area contributed by atoms with Crippen LogP contribution in [0.2, 0.25) is 5.02 Å². The van der Waals surface area contributed by atoms with Gasteiger partial charge in [-0.15, -0.1) is 0 Å². The molecule has 0 radical (unpaired) electrons. The Kier molecular flexibility index (Phi) is 10.1. The summed E-state index contributed by atoms with van der Waals surface area (Å²) in [4.78, 5) is 12.0. The highest BCUT2D eigenvalue weighted by Gasteiger charge is 2.09. The minimum atomic E-state index is -0.440. The molecule has 1 rings (SSSR count). The lowest BCUT2D eigenvalue weighted by atomic mass is 10.2. The summed E-state index contributed by atoms with van der Waals surface area (Å²) < 4.78 is 10.6. The van der Waals surface area contributed by atoms with Crippen LogP contribution in [0.1, 0.15) is 26.2 Å². The monoisotopic (exact) mass is 365 g/mol. The van der Waals surface area contributed by atoms with Gasteiger partial charge in [0.05, 0.1) is 12.8 Å². The van der Waals surface area contributed by atoms with Gasteiger partial charge in [0.15, 0.2) is 0 Å². The summed E-state index contributed by atoms with van der Waals surface area (Å²) >= 11 is 5.94. The fraction of sp³-hybridized carbons (Fsp3) is 0.444. The first kappa shape index (κ1) is 20.8. The van der Waals surface area contributed by atoms with Crippen molar-refractivity contribution in [3.8, 4) is 11.8 Å². The number of nitrogens with one attached hydrogen (secondary N) is 2. The van der Waals surface area contributed by atoms with E-state index in [9.17, 15) is 4.79 Å². The third kappa shape index (κ3) is 7.92. The van der Waals surface area contributed by atoms with Crippen molar-refractivity contribution in [3.05, 3.63) is 35.0 Å².